The Morgan fingerprint density at radius 1 is 1.20 bits per heavy atom. The molecule has 0 amide bonds. The maximum atomic E-state index is 10.7. The van der Waals surface area contributed by atoms with Crippen molar-refractivity contribution in [1.82, 2.24) is 20.2 Å². The molecule has 0 saturated carbocycles. The van der Waals surface area contributed by atoms with Gasteiger partial charge in [-0.1, -0.05) is 13.8 Å². The lowest BCUT2D eigenvalue weighted by atomic mass is 10.2. The van der Waals surface area contributed by atoms with Gasteiger partial charge in [-0.25, -0.2) is 14.8 Å². The van der Waals surface area contributed by atoms with Gasteiger partial charge in [-0.05, 0) is 36.7 Å². The molecule has 1 N–H and O–H groups in total. The summed E-state index contributed by atoms with van der Waals surface area (Å²) in [7, 11) is 0. The number of hydrogen-bond acceptors (Lipinski definition) is 6. The number of pyridine rings is 1. The van der Waals surface area contributed by atoms with Gasteiger partial charge in [0.2, 0.25) is 5.16 Å². The highest BCUT2D eigenvalue weighted by molar-refractivity contribution is 7.99. The quantitative estimate of drug-likeness (QED) is 0.903. The molecule has 0 aliphatic carbocycles. The summed E-state index contributed by atoms with van der Waals surface area (Å²) in [6, 6.07) is 3.14. The summed E-state index contributed by atoms with van der Waals surface area (Å²) in [5.41, 5.74) is 2.00. The second kappa shape index (κ2) is 6.42. The van der Waals surface area contributed by atoms with Crippen molar-refractivity contribution in [2.45, 2.75) is 36.9 Å². The van der Waals surface area contributed by atoms with E-state index in [0.717, 1.165) is 24.2 Å². The Morgan fingerprint density at radius 2 is 1.95 bits per heavy atom. The van der Waals surface area contributed by atoms with Crippen LogP contribution in [-0.2, 0) is 12.8 Å². The molecule has 104 valence electrons. The first-order valence-electron chi connectivity index (χ1n) is 6.23. The normalized spacial score (nSPS) is 10.5. The Bertz CT molecular complexity index is 616. The molecule has 0 spiro atoms. The number of aryl methyl sites for hydroxylation is 2. The molecule has 0 radical (unpaired) electrons. The molecule has 0 unspecified atom stereocenters. The van der Waals surface area contributed by atoms with Gasteiger partial charge in [0.1, 0.15) is 5.03 Å². The van der Waals surface area contributed by atoms with Crippen LogP contribution in [0.3, 0.4) is 0 Å². The van der Waals surface area contributed by atoms with Crippen LogP contribution in [-0.4, -0.2) is 31.2 Å². The minimum Gasteiger partial charge on any atom is -0.478 e. The summed E-state index contributed by atoms with van der Waals surface area (Å²) in [5, 5.41) is 18.2. The average molecular weight is 290 g/mol. The Morgan fingerprint density at radius 3 is 2.50 bits per heavy atom. The molecule has 6 nitrogen and oxygen atoms in total. The topological polar surface area (TPSA) is 88.9 Å². The number of carboxylic acids is 1. The molecule has 0 saturated heterocycles. The highest BCUT2D eigenvalue weighted by atomic mass is 32.2. The van der Waals surface area contributed by atoms with Crippen LogP contribution < -0.4 is 0 Å². The molecular weight excluding hydrogens is 276 g/mol. The summed E-state index contributed by atoms with van der Waals surface area (Å²) in [6.45, 7) is 4.04. The van der Waals surface area contributed by atoms with Gasteiger partial charge in [0, 0.05) is 6.20 Å². The molecule has 2 rings (SSSR count). The molecule has 0 fully saturated rings. The maximum absolute atomic E-state index is 10.7. The van der Waals surface area contributed by atoms with Crippen molar-refractivity contribution in [2.75, 3.05) is 0 Å². The predicted octanol–water partition coefficient (Wildman–Crippen LogP) is 2.24. The van der Waals surface area contributed by atoms with Crippen molar-refractivity contribution < 1.29 is 9.90 Å². The summed E-state index contributed by atoms with van der Waals surface area (Å²) in [4.78, 5) is 19.3. The zero-order valence-corrected chi connectivity index (χ0v) is 12.0. The minimum atomic E-state index is -0.993. The fourth-order valence-corrected chi connectivity index (χ4v) is 2.29. The number of nitrogens with zero attached hydrogens (tertiary/aromatic N) is 4. The highest BCUT2D eigenvalue weighted by Gasteiger charge is 2.09. The van der Waals surface area contributed by atoms with Gasteiger partial charge in [-0.3, -0.25) is 0 Å². The van der Waals surface area contributed by atoms with Gasteiger partial charge in [0.25, 0.3) is 0 Å². The Kier molecular flexibility index (Phi) is 4.62. The van der Waals surface area contributed by atoms with Crippen LogP contribution in [0, 0.1) is 0 Å². The number of hydrogen-bond donors (Lipinski definition) is 1. The number of carboxylic acid groups (broad SMARTS) is 1. The van der Waals surface area contributed by atoms with Crippen molar-refractivity contribution in [3.8, 4) is 0 Å². The average Bonchev–Trinajstić information content (AvgIpc) is 2.47. The molecule has 7 heteroatoms. The van der Waals surface area contributed by atoms with E-state index in [9.17, 15) is 4.79 Å². The van der Waals surface area contributed by atoms with Crippen LogP contribution in [0.2, 0.25) is 0 Å². The smallest absolute Gasteiger partial charge is 0.337 e. The first-order chi connectivity index (χ1) is 9.63. The van der Waals surface area contributed by atoms with Gasteiger partial charge < -0.3 is 5.11 Å². The molecule has 0 atom stereocenters. The van der Waals surface area contributed by atoms with E-state index in [1.807, 2.05) is 13.8 Å². The lowest BCUT2D eigenvalue weighted by molar-refractivity contribution is 0.0696. The number of aromatic carboxylic acids is 1. The molecule has 2 aromatic heterocycles. The summed E-state index contributed by atoms with van der Waals surface area (Å²) in [5.74, 6) is -0.993. The zero-order valence-electron chi connectivity index (χ0n) is 11.2. The van der Waals surface area contributed by atoms with Crippen LogP contribution >= 0.6 is 11.8 Å². The van der Waals surface area contributed by atoms with Crippen LogP contribution in [0.4, 0.5) is 0 Å². The van der Waals surface area contributed by atoms with E-state index in [0.29, 0.717) is 10.2 Å². The highest BCUT2D eigenvalue weighted by Crippen LogP contribution is 2.22. The number of aromatic nitrogens is 4. The predicted molar refractivity (Wildman–Crippen MR) is 73.9 cm³/mol. The van der Waals surface area contributed by atoms with Crippen LogP contribution in [0.15, 0.2) is 28.5 Å². The fraction of sp³-hybridized carbons (Fsp3) is 0.308. The van der Waals surface area contributed by atoms with E-state index in [2.05, 4.69) is 20.2 Å². The second-order valence-corrected chi connectivity index (χ2v) is 4.97. The van der Waals surface area contributed by atoms with Crippen molar-refractivity contribution in [3.63, 3.8) is 0 Å². The zero-order chi connectivity index (χ0) is 14.5. The molecule has 20 heavy (non-hydrogen) atoms. The fourth-order valence-electron chi connectivity index (χ4n) is 1.63. The molecule has 0 aliphatic rings. The third kappa shape index (κ3) is 3.30. The Hall–Kier alpha value is -2.02. The Labute approximate surface area is 120 Å². The van der Waals surface area contributed by atoms with Crippen molar-refractivity contribution in [3.05, 3.63) is 35.3 Å². The van der Waals surface area contributed by atoms with Gasteiger partial charge in [0.15, 0.2) is 0 Å². The minimum absolute atomic E-state index is 0.156. The second-order valence-electron chi connectivity index (χ2n) is 3.99. The van der Waals surface area contributed by atoms with Gasteiger partial charge in [-0.15, -0.1) is 5.10 Å². The van der Waals surface area contributed by atoms with Crippen molar-refractivity contribution in [2.24, 2.45) is 0 Å². The van der Waals surface area contributed by atoms with E-state index in [4.69, 9.17) is 5.11 Å². The van der Waals surface area contributed by atoms with Gasteiger partial charge in [0.05, 0.1) is 17.0 Å². The van der Waals surface area contributed by atoms with Gasteiger partial charge >= 0.3 is 5.97 Å². The standard InChI is InChI=1S/C13H14N4O2S/c1-3-9-10(4-2)16-17-13(15-9)20-11-6-5-8(7-14-11)12(18)19/h5-7H,3-4H2,1-2H3,(H,18,19). The van der Waals surface area contributed by atoms with E-state index < -0.39 is 5.97 Å². The summed E-state index contributed by atoms with van der Waals surface area (Å²) in [6.07, 6.45) is 2.93. The number of carbonyl (C=O) groups is 1. The lowest BCUT2D eigenvalue weighted by Crippen LogP contribution is -2.03. The first kappa shape index (κ1) is 14.4. The summed E-state index contributed by atoms with van der Waals surface area (Å²) >= 11 is 1.27. The van der Waals surface area contributed by atoms with Gasteiger partial charge in [-0.2, -0.15) is 5.10 Å². The molecule has 0 bridgehead atoms. The van der Waals surface area contributed by atoms with Crippen molar-refractivity contribution >= 4 is 17.7 Å². The molecule has 0 aliphatic heterocycles. The first-order valence-corrected chi connectivity index (χ1v) is 7.05. The molecule has 2 aromatic rings. The lowest BCUT2D eigenvalue weighted by Gasteiger charge is -2.05. The Balaban J connectivity index is 2.19. The van der Waals surface area contributed by atoms with Crippen LogP contribution in [0.1, 0.15) is 35.6 Å². The van der Waals surface area contributed by atoms with E-state index in [1.54, 1.807) is 6.07 Å². The van der Waals surface area contributed by atoms with Crippen LogP contribution in [0.25, 0.3) is 0 Å². The summed E-state index contributed by atoms with van der Waals surface area (Å²) < 4.78 is 0. The molecular formula is C13H14N4O2S. The monoisotopic (exact) mass is 290 g/mol. The van der Waals surface area contributed by atoms with Crippen molar-refractivity contribution in [1.29, 1.82) is 0 Å². The molecule has 0 aromatic carbocycles. The van der Waals surface area contributed by atoms with E-state index in [-0.39, 0.29) is 5.56 Å². The third-order valence-electron chi connectivity index (χ3n) is 2.67. The molecule has 2 heterocycles. The number of rotatable bonds is 5. The van der Waals surface area contributed by atoms with E-state index >= 15 is 0 Å². The van der Waals surface area contributed by atoms with Crippen LogP contribution in [0.5, 0.6) is 0 Å². The SMILES string of the molecule is CCc1nnc(Sc2ccc(C(=O)O)cn2)nc1CC. The maximum Gasteiger partial charge on any atom is 0.337 e. The van der Waals surface area contributed by atoms with E-state index in [1.165, 1.54) is 24.0 Å². The largest absolute Gasteiger partial charge is 0.478 e. The third-order valence-corrected chi connectivity index (χ3v) is 3.48.